The van der Waals surface area contributed by atoms with Crippen LogP contribution in [0.15, 0.2) is 18.3 Å². The average Bonchev–Trinajstić information content (AvgIpc) is 2.49. The molecule has 0 aromatic carbocycles. The molecule has 2 rings (SSSR count). The predicted octanol–water partition coefficient (Wildman–Crippen LogP) is 0.690. The lowest BCUT2D eigenvalue weighted by molar-refractivity contribution is -0.114. The highest BCUT2D eigenvalue weighted by Crippen LogP contribution is 2.20. The van der Waals surface area contributed by atoms with Gasteiger partial charge in [-0.25, -0.2) is 4.98 Å². The second kappa shape index (κ2) is 7.24. The molecule has 128 valence electrons. The molecule has 0 saturated carbocycles. The minimum atomic E-state index is -3.36. The number of hydrogen-bond donors (Lipinski definition) is 1. The summed E-state index contributed by atoms with van der Waals surface area (Å²) in [5.41, 5.74) is 0.608. The van der Waals surface area contributed by atoms with Crippen LogP contribution in [0.5, 0.6) is 5.88 Å². The van der Waals surface area contributed by atoms with Crippen LogP contribution in [-0.4, -0.2) is 61.2 Å². The van der Waals surface area contributed by atoms with Crippen molar-refractivity contribution in [2.75, 3.05) is 32.5 Å². The van der Waals surface area contributed by atoms with Gasteiger partial charge in [-0.3, -0.25) is 4.79 Å². The van der Waals surface area contributed by atoms with Crippen LogP contribution in [0.3, 0.4) is 0 Å². The molecule has 23 heavy (non-hydrogen) atoms. The molecule has 1 aromatic heterocycles. The second-order valence-corrected chi connectivity index (χ2v) is 7.72. The first-order valence-corrected chi connectivity index (χ1v) is 8.76. The van der Waals surface area contributed by atoms with Gasteiger partial charge in [0.1, 0.15) is 6.10 Å². The summed E-state index contributed by atoms with van der Waals surface area (Å²) in [6.45, 7) is 2.28. The van der Waals surface area contributed by atoms with Crippen molar-refractivity contribution in [3.8, 4) is 5.88 Å². The molecule has 1 amide bonds. The Morgan fingerprint density at radius 3 is 2.48 bits per heavy atom. The number of carbonyl (C=O) groups excluding carboxylic acids is 1. The van der Waals surface area contributed by atoms with E-state index in [0.29, 0.717) is 37.5 Å². The average molecular weight is 342 g/mol. The molecule has 1 fully saturated rings. The van der Waals surface area contributed by atoms with Gasteiger partial charge in [0, 0.05) is 40.2 Å². The van der Waals surface area contributed by atoms with Crippen LogP contribution in [-0.2, 0) is 15.0 Å². The van der Waals surface area contributed by atoms with E-state index in [9.17, 15) is 13.2 Å². The molecule has 1 saturated heterocycles. The van der Waals surface area contributed by atoms with Crippen molar-refractivity contribution in [3.63, 3.8) is 0 Å². The van der Waals surface area contributed by atoms with E-state index >= 15 is 0 Å². The van der Waals surface area contributed by atoms with E-state index in [-0.39, 0.29) is 12.0 Å². The van der Waals surface area contributed by atoms with Crippen LogP contribution in [0, 0.1) is 0 Å². The predicted molar refractivity (Wildman–Crippen MR) is 86.4 cm³/mol. The highest BCUT2D eigenvalue weighted by Gasteiger charge is 2.30. The summed E-state index contributed by atoms with van der Waals surface area (Å²) in [5.74, 6) is 0.308. The normalized spacial score (nSPS) is 17.2. The number of pyridine rings is 1. The maximum Gasteiger partial charge on any atom is 0.281 e. The highest BCUT2D eigenvalue weighted by molar-refractivity contribution is 7.86. The molecule has 8 nitrogen and oxygen atoms in total. The first-order valence-electron chi connectivity index (χ1n) is 7.37. The summed E-state index contributed by atoms with van der Waals surface area (Å²) < 4.78 is 32.5. The van der Waals surface area contributed by atoms with Crippen molar-refractivity contribution in [1.82, 2.24) is 13.6 Å². The molecule has 1 aliphatic rings. The molecule has 0 spiro atoms. The van der Waals surface area contributed by atoms with Crippen LogP contribution >= 0.6 is 0 Å². The Morgan fingerprint density at radius 1 is 1.35 bits per heavy atom. The third-order valence-electron chi connectivity index (χ3n) is 3.53. The number of nitrogens with one attached hydrogen (secondary N) is 1. The quantitative estimate of drug-likeness (QED) is 0.850. The van der Waals surface area contributed by atoms with Gasteiger partial charge in [-0.15, -0.1) is 0 Å². The van der Waals surface area contributed by atoms with Crippen molar-refractivity contribution in [1.29, 1.82) is 0 Å². The molecule has 2 heterocycles. The lowest BCUT2D eigenvalue weighted by Crippen LogP contribution is -2.46. The first-order chi connectivity index (χ1) is 10.8. The molecule has 0 atom stereocenters. The zero-order chi connectivity index (χ0) is 17.0. The van der Waals surface area contributed by atoms with Crippen LogP contribution in [0.25, 0.3) is 0 Å². The van der Waals surface area contributed by atoms with Gasteiger partial charge in [0.2, 0.25) is 11.8 Å². The summed E-state index contributed by atoms with van der Waals surface area (Å²) in [6, 6.07) is 3.41. The van der Waals surface area contributed by atoms with Gasteiger partial charge in [-0.1, -0.05) is 0 Å². The van der Waals surface area contributed by atoms with Crippen LogP contribution in [0.4, 0.5) is 5.69 Å². The van der Waals surface area contributed by atoms with E-state index in [1.165, 1.54) is 35.8 Å². The van der Waals surface area contributed by atoms with E-state index < -0.39 is 10.2 Å². The Kier molecular flexibility index (Phi) is 5.55. The van der Waals surface area contributed by atoms with E-state index in [2.05, 4.69) is 10.3 Å². The van der Waals surface area contributed by atoms with E-state index in [1.807, 2.05) is 0 Å². The Bertz CT molecular complexity index is 637. The Balaban J connectivity index is 1.88. The standard InChI is InChI=1S/C14H22N4O4S/c1-11(19)16-12-4-5-14(15-10-12)22-13-6-8-18(9-7-13)23(20,21)17(2)3/h4-5,10,13H,6-9H2,1-3H3,(H,16,19). The minimum Gasteiger partial charge on any atom is -0.474 e. The topological polar surface area (TPSA) is 91.8 Å². The van der Waals surface area contributed by atoms with Gasteiger partial charge >= 0.3 is 0 Å². The molecule has 1 N–H and O–H groups in total. The van der Waals surface area contributed by atoms with Gasteiger partial charge in [0.05, 0.1) is 11.9 Å². The number of hydrogen-bond acceptors (Lipinski definition) is 5. The van der Waals surface area contributed by atoms with Crippen LogP contribution in [0.1, 0.15) is 19.8 Å². The summed E-state index contributed by atoms with van der Waals surface area (Å²) >= 11 is 0. The number of carbonyl (C=O) groups is 1. The first kappa shape index (κ1) is 17.6. The summed E-state index contributed by atoms with van der Waals surface area (Å²) in [7, 11) is -0.306. The Hall–Kier alpha value is -1.71. The highest BCUT2D eigenvalue weighted by atomic mass is 32.2. The minimum absolute atomic E-state index is 0.0669. The van der Waals surface area contributed by atoms with Crippen molar-refractivity contribution >= 4 is 21.8 Å². The van der Waals surface area contributed by atoms with Crippen molar-refractivity contribution in [3.05, 3.63) is 18.3 Å². The smallest absolute Gasteiger partial charge is 0.281 e. The van der Waals surface area contributed by atoms with Crippen LogP contribution in [0.2, 0.25) is 0 Å². The molecule has 0 aliphatic carbocycles. The monoisotopic (exact) mass is 342 g/mol. The number of nitrogens with zero attached hydrogens (tertiary/aromatic N) is 3. The van der Waals surface area contributed by atoms with Gasteiger partial charge in [0.25, 0.3) is 10.2 Å². The van der Waals surface area contributed by atoms with Crippen molar-refractivity contribution in [2.24, 2.45) is 0 Å². The maximum absolute atomic E-state index is 12.0. The molecule has 9 heteroatoms. The summed E-state index contributed by atoms with van der Waals surface area (Å²) in [5, 5.41) is 2.63. The van der Waals surface area contributed by atoms with E-state index in [0.717, 1.165) is 0 Å². The second-order valence-electron chi connectivity index (χ2n) is 5.57. The fourth-order valence-corrected chi connectivity index (χ4v) is 3.44. The number of aromatic nitrogens is 1. The van der Waals surface area contributed by atoms with Crippen molar-refractivity contribution < 1.29 is 17.9 Å². The molecule has 1 aliphatic heterocycles. The number of amides is 1. The van der Waals surface area contributed by atoms with E-state index in [4.69, 9.17) is 4.74 Å². The van der Waals surface area contributed by atoms with Crippen molar-refractivity contribution in [2.45, 2.75) is 25.9 Å². The molecule has 0 unspecified atom stereocenters. The number of rotatable bonds is 5. The Morgan fingerprint density at radius 2 is 2.00 bits per heavy atom. The van der Waals surface area contributed by atoms with Gasteiger partial charge in [0.15, 0.2) is 0 Å². The number of ether oxygens (including phenoxy) is 1. The van der Waals surface area contributed by atoms with Gasteiger partial charge in [-0.05, 0) is 18.9 Å². The lowest BCUT2D eigenvalue weighted by Gasteiger charge is -2.32. The number of piperidine rings is 1. The summed E-state index contributed by atoms with van der Waals surface area (Å²) in [6.07, 6.45) is 2.69. The zero-order valence-corrected chi connectivity index (χ0v) is 14.3. The largest absolute Gasteiger partial charge is 0.474 e. The molecule has 1 aromatic rings. The summed E-state index contributed by atoms with van der Waals surface area (Å²) in [4.78, 5) is 15.1. The molecule has 0 radical (unpaired) electrons. The van der Waals surface area contributed by atoms with Gasteiger partial charge in [-0.2, -0.15) is 17.0 Å². The SMILES string of the molecule is CC(=O)Nc1ccc(OC2CCN(S(=O)(=O)N(C)C)CC2)nc1. The number of anilines is 1. The third kappa shape index (κ3) is 4.63. The zero-order valence-electron chi connectivity index (χ0n) is 13.5. The van der Waals surface area contributed by atoms with E-state index in [1.54, 1.807) is 12.1 Å². The molecular formula is C14H22N4O4S. The molecule has 0 bridgehead atoms. The Labute approximate surface area is 136 Å². The van der Waals surface area contributed by atoms with Gasteiger partial charge < -0.3 is 10.1 Å². The fraction of sp³-hybridized carbons (Fsp3) is 0.571. The fourth-order valence-electron chi connectivity index (χ4n) is 2.31. The maximum atomic E-state index is 12.0. The lowest BCUT2D eigenvalue weighted by atomic mass is 10.1. The molecular weight excluding hydrogens is 320 g/mol. The van der Waals surface area contributed by atoms with Crippen LogP contribution < -0.4 is 10.1 Å². The third-order valence-corrected chi connectivity index (χ3v) is 5.47.